The van der Waals surface area contributed by atoms with Crippen LogP contribution in [0.15, 0.2) is 53.4 Å². The van der Waals surface area contributed by atoms with Crippen molar-refractivity contribution >= 4 is 45.0 Å². The quantitative estimate of drug-likeness (QED) is 0.359. The molecule has 8 heteroatoms. The van der Waals surface area contributed by atoms with Gasteiger partial charge in [-0.25, -0.2) is 4.57 Å². The zero-order chi connectivity index (χ0) is 24.7. The van der Waals surface area contributed by atoms with Crippen LogP contribution in [0.4, 0.5) is 0 Å². The highest BCUT2D eigenvalue weighted by molar-refractivity contribution is 9.10. The monoisotopic (exact) mass is 575 g/mol. The number of carbonyl (C=O) groups is 1. The molecular formula is C27H28BrCl2N3O2+2. The van der Waals surface area contributed by atoms with E-state index < -0.39 is 0 Å². The van der Waals surface area contributed by atoms with Gasteiger partial charge in [0.25, 0.3) is 0 Å². The summed E-state index contributed by atoms with van der Waals surface area (Å²) in [5.41, 5.74) is 5.21. The van der Waals surface area contributed by atoms with E-state index in [9.17, 15) is 10.0 Å². The molecular weight excluding hydrogens is 549 g/mol. The fourth-order valence-electron chi connectivity index (χ4n) is 5.63. The number of aryl methyl sites for hydroxylation is 3. The van der Waals surface area contributed by atoms with Crippen LogP contribution in [0.5, 0.6) is 0 Å². The van der Waals surface area contributed by atoms with Crippen LogP contribution in [0.2, 0.25) is 10.0 Å². The summed E-state index contributed by atoms with van der Waals surface area (Å²) in [6.45, 7) is 1.39. The van der Waals surface area contributed by atoms with Gasteiger partial charge in [-0.1, -0.05) is 23.2 Å². The normalized spacial score (nSPS) is 18.1. The second-order valence-electron chi connectivity index (χ2n) is 9.62. The van der Waals surface area contributed by atoms with E-state index in [1.165, 1.54) is 4.73 Å². The van der Waals surface area contributed by atoms with Crippen molar-refractivity contribution in [2.24, 2.45) is 13.0 Å². The minimum atomic E-state index is -0.0725. The van der Waals surface area contributed by atoms with Crippen molar-refractivity contribution in [1.82, 2.24) is 4.90 Å². The molecule has 1 fully saturated rings. The Kier molecular flexibility index (Phi) is 7.06. The summed E-state index contributed by atoms with van der Waals surface area (Å²) in [5.74, 6) is 0.324. The lowest BCUT2D eigenvalue weighted by molar-refractivity contribution is -0.910. The van der Waals surface area contributed by atoms with E-state index in [0.29, 0.717) is 29.6 Å². The molecule has 2 aromatic heterocycles. The third kappa shape index (κ3) is 5.07. The molecule has 1 aliphatic carbocycles. The number of aromatic nitrogens is 2. The Hall–Kier alpha value is -2.15. The van der Waals surface area contributed by atoms with Crippen molar-refractivity contribution in [3.05, 3.63) is 91.4 Å². The number of piperidine rings is 1. The molecule has 5 rings (SSSR count). The molecule has 2 aliphatic rings. The molecule has 0 spiro atoms. The highest BCUT2D eigenvalue weighted by Crippen LogP contribution is 2.45. The first-order valence-corrected chi connectivity index (χ1v) is 13.5. The number of likely N-dealkylation sites (tertiary alicyclic amines) is 1. The molecule has 1 N–H and O–H groups in total. The summed E-state index contributed by atoms with van der Waals surface area (Å²) >= 11 is 16.7. The third-order valence-electron chi connectivity index (χ3n) is 7.35. The van der Waals surface area contributed by atoms with Crippen molar-refractivity contribution in [2.45, 2.75) is 38.0 Å². The molecule has 1 saturated heterocycles. The first kappa shape index (κ1) is 24.5. The number of hydrogen-bond acceptors (Lipinski definition) is 2. The van der Waals surface area contributed by atoms with Gasteiger partial charge in [0, 0.05) is 45.6 Å². The maximum atomic E-state index is 13.0. The fraction of sp³-hybridized carbons (Fsp3) is 0.370. The van der Waals surface area contributed by atoms with Crippen LogP contribution in [0, 0.1) is 5.92 Å². The molecule has 0 radical (unpaired) electrons. The molecule has 3 heterocycles. The van der Waals surface area contributed by atoms with E-state index >= 15 is 0 Å². The van der Waals surface area contributed by atoms with Crippen molar-refractivity contribution in [1.29, 1.82) is 0 Å². The van der Waals surface area contributed by atoms with Gasteiger partial charge in [0.05, 0.1) is 16.8 Å². The van der Waals surface area contributed by atoms with Crippen LogP contribution >= 0.6 is 39.1 Å². The van der Waals surface area contributed by atoms with Crippen molar-refractivity contribution in [3.63, 3.8) is 0 Å². The SMILES string of the molecule is C[n+]1ccc(CC(=O)N2CCC(C3c4c(Cl)cc(Cl)cc4CCc4cc(Br)c[n+](O)c43)CC2)cc1. The molecule has 182 valence electrons. The molecule has 5 nitrogen and oxygen atoms in total. The van der Waals surface area contributed by atoms with E-state index in [-0.39, 0.29) is 17.7 Å². The van der Waals surface area contributed by atoms with Gasteiger partial charge in [0.2, 0.25) is 17.8 Å². The van der Waals surface area contributed by atoms with Crippen molar-refractivity contribution in [2.75, 3.05) is 13.1 Å². The van der Waals surface area contributed by atoms with Gasteiger partial charge in [-0.3, -0.25) is 10.0 Å². The van der Waals surface area contributed by atoms with E-state index in [1.807, 2.05) is 47.1 Å². The number of rotatable bonds is 3. The second kappa shape index (κ2) is 10.1. The topological polar surface area (TPSA) is 48.3 Å². The fourth-order valence-corrected chi connectivity index (χ4v) is 6.75. The van der Waals surface area contributed by atoms with Crippen LogP contribution in [0.1, 0.15) is 46.7 Å². The standard InChI is InChI=1S/C27H28BrCl2N3O2/c1-31-8-4-17(5-9-31)12-24(34)32-10-6-18(7-11-32)26-25-19(14-22(29)15-23(25)30)2-3-20-13-21(28)16-33(35)27(20)26/h4-5,8-9,13-16,18,26,35H,2-3,6-7,10-12H2,1H3/q+2. The van der Waals surface area contributed by atoms with E-state index in [2.05, 4.69) is 22.0 Å². The van der Waals surface area contributed by atoms with Gasteiger partial charge >= 0.3 is 0 Å². The van der Waals surface area contributed by atoms with Gasteiger partial charge in [0.1, 0.15) is 7.05 Å². The Balaban J connectivity index is 1.43. The molecule has 1 atom stereocenters. The molecule has 1 aliphatic heterocycles. The molecule has 1 amide bonds. The zero-order valence-corrected chi connectivity index (χ0v) is 22.7. The Bertz CT molecular complexity index is 1210. The van der Waals surface area contributed by atoms with E-state index in [4.69, 9.17) is 23.2 Å². The summed E-state index contributed by atoms with van der Waals surface area (Å²) in [5, 5.41) is 12.3. The van der Waals surface area contributed by atoms with Gasteiger partial charge in [0.15, 0.2) is 12.4 Å². The summed E-state index contributed by atoms with van der Waals surface area (Å²) in [6.07, 6.45) is 9.32. The lowest BCUT2D eigenvalue weighted by atomic mass is 9.76. The highest BCUT2D eigenvalue weighted by atomic mass is 79.9. The van der Waals surface area contributed by atoms with E-state index in [1.54, 1.807) is 12.3 Å². The predicted molar refractivity (Wildman–Crippen MR) is 138 cm³/mol. The number of fused-ring (bicyclic) bond motifs is 2. The lowest BCUT2D eigenvalue weighted by Crippen LogP contribution is -2.44. The number of pyridine rings is 2. The van der Waals surface area contributed by atoms with Gasteiger partial charge < -0.3 is 4.90 Å². The molecule has 1 unspecified atom stereocenters. The average Bonchev–Trinajstić information content (AvgIpc) is 2.98. The van der Waals surface area contributed by atoms with Crippen LogP contribution < -0.4 is 9.30 Å². The van der Waals surface area contributed by atoms with Crippen LogP contribution in [-0.2, 0) is 31.1 Å². The number of amides is 1. The number of nitrogens with zero attached hydrogens (tertiary/aromatic N) is 3. The number of hydrogen-bond donors (Lipinski definition) is 1. The maximum Gasteiger partial charge on any atom is 0.245 e. The predicted octanol–water partition coefficient (Wildman–Crippen LogP) is 4.82. The lowest BCUT2D eigenvalue weighted by Gasteiger charge is -2.36. The van der Waals surface area contributed by atoms with E-state index in [0.717, 1.165) is 58.1 Å². The van der Waals surface area contributed by atoms with Gasteiger partial charge in [-0.2, -0.15) is 0 Å². The van der Waals surface area contributed by atoms with Crippen LogP contribution in [0.3, 0.4) is 0 Å². The molecule has 3 aromatic rings. The largest absolute Gasteiger partial charge is 0.342 e. The molecule has 1 aromatic carbocycles. The first-order chi connectivity index (χ1) is 16.8. The highest BCUT2D eigenvalue weighted by Gasteiger charge is 2.41. The molecule has 35 heavy (non-hydrogen) atoms. The van der Waals surface area contributed by atoms with Crippen LogP contribution in [-0.4, -0.2) is 29.1 Å². The Morgan fingerprint density at radius 1 is 1.11 bits per heavy atom. The summed E-state index contributed by atoms with van der Waals surface area (Å²) in [7, 11) is 1.97. The van der Waals surface area contributed by atoms with Crippen LogP contribution in [0.25, 0.3) is 0 Å². The number of halogens is 3. The van der Waals surface area contributed by atoms with Gasteiger partial charge in [-0.15, -0.1) is 0 Å². The minimum absolute atomic E-state index is 0.0725. The first-order valence-electron chi connectivity index (χ1n) is 11.9. The third-order valence-corrected chi connectivity index (χ3v) is 8.31. The molecule has 0 bridgehead atoms. The zero-order valence-electron chi connectivity index (χ0n) is 19.6. The number of carbonyl (C=O) groups excluding carboxylic acids is 1. The second-order valence-corrected chi connectivity index (χ2v) is 11.4. The smallest absolute Gasteiger partial charge is 0.245 e. The molecule has 0 saturated carbocycles. The Morgan fingerprint density at radius 3 is 2.51 bits per heavy atom. The summed E-state index contributed by atoms with van der Waals surface area (Å²) in [4.78, 5) is 15.0. The van der Waals surface area contributed by atoms with Crippen molar-refractivity contribution in [3.8, 4) is 0 Å². The minimum Gasteiger partial charge on any atom is -0.342 e. The van der Waals surface area contributed by atoms with Gasteiger partial charge in [-0.05, 0) is 82.4 Å². The Labute approximate surface area is 224 Å². The number of benzene rings is 1. The summed E-state index contributed by atoms with van der Waals surface area (Å²) < 4.78 is 4.06. The average molecular weight is 577 g/mol. The maximum absolute atomic E-state index is 13.0. The summed E-state index contributed by atoms with van der Waals surface area (Å²) in [6, 6.07) is 9.90. The Morgan fingerprint density at radius 2 is 1.80 bits per heavy atom. The van der Waals surface area contributed by atoms with Crippen molar-refractivity contribution < 1.29 is 19.3 Å².